The average molecular weight is 283 g/mol. The van der Waals surface area contributed by atoms with E-state index in [0.29, 0.717) is 5.56 Å². The van der Waals surface area contributed by atoms with Crippen LogP contribution in [-0.2, 0) is 21.4 Å². The van der Waals surface area contributed by atoms with Crippen molar-refractivity contribution in [1.29, 1.82) is 0 Å². The van der Waals surface area contributed by atoms with E-state index < -0.39 is 27.8 Å². The lowest BCUT2D eigenvalue weighted by Crippen LogP contribution is -2.66. The molecule has 8 heteroatoms. The molecule has 0 aliphatic carbocycles. The Hall–Kier alpha value is -1.38. The molecule has 0 unspecified atom stereocenters. The van der Waals surface area contributed by atoms with E-state index in [1.54, 1.807) is 18.2 Å². The number of benzene rings is 1. The maximum absolute atomic E-state index is 11.9. The Kier molecular flexibility index (Phi) is 3.20. The van der Waals surface area contributed by atoms with Crippen LogP contribution in [0.5, 0.6) is 0 Å². The van der Waals surface area contributed by atoms with Gasteiger partial charge in [0.05, 0.1) is 6.54 Å². The summed E-state index contributed by atoms with van der Waals surface area (Å²) in [6, 6.07) is 6.28. The Balaban J connectivity index is 2.32. The highest BCUT2D eigenvalue weighted by molar-refractivity contribution is 7.94. The third-order valence-corrected chi connectivity index (χ3v) is 5.66. The standard InChI is InChI=1S/C11H14BNO5S/c1-11(2)10(14)13(19(11,17)18)7-8-5-3-4-6-9(8)12(15)16/h3-6,15-16H,7H2,1-2H3. The van der Waals surface area contributed by atoms with E-state index in [1.807, 2.05) is 0 Å². The van der Waals surface area contributed by atoms with E-state index in [4.69, 9.17) is 0 Å². The first-order valence-electron chi connectivity index (χ1n) is 5.70. The van der Waals surface area contributed by atoms with Gasteiger partial charge in [-0.3, -0.25) is 4.79 Å². The molecule has 0 aromatic heterocycles. The summed E-state index contributed by atoms with van der Waals surface area (Å²) in [5, 5.41) is 18.4. The van der Waals surface area contributed by atoms with Gasteiger partial charge in [0, 0.05) is 0 Å². The summed E-state index contributed by atoms with van der Waals surface area (Å²) in [4.78, 5) is 11.8. The van der Waals surface area contributed by atoms with E-state index in [2.05, 4.69) is 0 Å². The number of carbonyl (C=O) groups excluding carboxylic acids is 1. The van der Waals surface area contributed by atoms with Crippen molar-refractivity contribution in [1.82, 2.24) is 4.31 Å². The van der Waals surface area contributed by atoms with Crippen molar-refractivity contribution in [3.8, 4) is 0 Å². The summed E-state index contributed by atoms with van der Waals surface area (Å²) in [6.45, 7) is 2.53. The van der Waals surface area contributed by atoms with Gasteiger partial charge in [0.25, 0.3) is 15.9 Å². The topological polar surface area (TPSA) is 94.9 Å². The molecule has 0 spiro atoms. The third-order valence-electron chi connectivity index (χ3n) is 3.32. The van der Waals surface area contributed by atoms with Crippen LogP contribution in [-0.4, -0.2) is 40.5 Å². The van der Waals surface area contributed by atoms with Gasteiger partial charge in [-0.05, 0) is 24.9 Å². The first kappa shape index (κ1) is 14.0. The van der Waals surface area contributed by atoms with Crippen molar-refractivity contribution < 1.29 is 23.3 Å². The normalized spacial score (nSPS) is 20.0. The van der Waals surface area contributed by atoms with E-state index in [-0.39, 0.29) is 12.0 Å². The van der Waals surface area contributed by atoms with Crippen LogP contribution in [0.2, 0.25) is 0 Å². The molecule has 1 aromatic carbocycles. The number of carbonyl (C=O) groups is 1. The lowest BCUT2D eigenvalue weighted by molar-refractivity contribution is -0.132. The minimum Gasteiger partial charge on any atom is -0.423 e. The Morgan fingerprint density at radius 1 is 1.26 bits per heavy atom. The molecule has 1 fully saturated rings. The molecular weight excluding hydrogens is 269 g/mol. The van der Waals surface area contributed by atoms with E-state index in [9.17, 15) is 23.3 Å². The molecule has 1 heterocycles. The fraction of sp³-hybridized carbons (Fsp3) is 0.364. The monoisotopic (exact) mass is 283 g/mol. The van der Waals surface area contributed by atoms with Crippen LogP contribution in [0.4, 0.5) is 0 Å². The zero-order valence-electron chi connectivity index (χ0n) is 10.6. The molecule has 1 aromatic rings. The zero-order chi connectivity index (χ0) is 14.4. The number of nitrogens with zero attached hydrogens (tertiary/aromatic N) is 1. The van der Waals surface area contributed by atoms with Crippen LogP contribution in [0.3, 0.4) is 0 Å². The molecule has 1 aliphatic rings. The van der Waals surface area contributed by atoms with E-state index >= 15 is 0 Å². The minimum absolute atomic E-state index is 0.182. The highest BCUT2D eigenvalue weighted by Gasteiger charge is 2.60. The lowest BCUT2D eigenvalue weighted by atomic mass is 9.77. The molecule has 19 heavy (non-hydrogen) atoms. The predicted octanol–water partition coefficient (Wildman–Crippen LogP) is -1.18. The predicted molar refractivity (Wildman–Crippen MR) is 69.8 cm³/mol. The van der Waals surface area contributed by atoms with Gasteiger partial charge in [-0.2, -0.15) is 0 Å². The smallest absolute Gasteiger partial charge is 0.423 e. The van der Waals surface area contributed by atoms with Crippen LogP contribution < -0.4 is 5.46 Å². The van der Waals surface area contributed by atoms with E-state index in [1.165, 1.54) is 19.9 Å². The van der Waals surface area contributed by atoms with Gasteiger partial charge in [-0.1, -0.05) is 24.3 Å². The fourth-order valence-electron chi connectivity index (χ4n) is 2.00. The first-order valence-corrected chi connectivity index (χ1v) is 7.14. The molecular formula is C11H14BNO5S. The second-order valence-corrected chi connectivity index (χ2v) is 7.31. The van der Waals surface area contributed by atoms with Gasteiger partial charge >= 0.3 is 7.12 Å². The van der Waals surface area contributed by atoms with E-state index in [0.717, 1.165) is 4.31 Å². The van der Waals surface area contributed by atoms with Gasteiger partial charge in [0.15, 0.2) is 4.75 Å². The van der Waals surface area contributed by atoms with Gasteiger partial charge in [0.2, 0.25) is 0 Å². The second kappa shape index (κ2) is 4.33. The van der Waals surface area contributed by atoms with Crippen molar-refractivity contribution in [2.24, 2.45) is 0 Å². The summed E-state index contributed by atoms with van der Waals surface area (Å²) in [5.74, 6) is -0.491. The van der Waals surface area contributed by atoms with Crippen LogP contribution in [0.1, 0.15) is 19.4 Å². The maximum atomic E-state index is 11.9. The largest absolute Gasteiger partial charge is 0.488 e. The number of sulfonamides is 1. The summed E-state index contributed by atoms with van der Waals surface area (Å²) in [7, 11) is -5.38. The number of amides is 1. The zero-order valence-corrected chi connectivity index (χ0v) is 11.4. The summed E-state index contributed by atoms with van der Waals surface area (Å²) in [5.41, 5.74) is 0.583. The van der Waals surface area contributed by atoms with Crippen molar-refractivity contribution in [2.75, 3.05) is 0 Å². The minimum atomic E-state index is -3.67. The lowest BCUT2D eigenvalue weighted by Gasteiger charge is -2.43. The van der Waals surface area contributed by atoms with Gasteiger partial charge in [-0.15, -0.1) is 0 Å². The molecule has 1 aliphatic heterocycles. The highest BCUT2D eigenvalue weighted by Crippen LogP contribution is 2.35. The quantitative estimate of drug-likeness (QED) is 0.681. The Morgan fingerprint density at radius 2 is 1.84 bits per heavy atom. The van der Waals surface area contributed by atoms with Crippen LogP contribution in [0.25, 0.3) is 0 Å². The number of hydrogen-bond acceptors (Lipinski definition) is 5. The first-order chi connectivity index (χ1) is 8.69. The second-order valence-electron chi connectivity index (χ2n) is 4.90. The SMILES string of the molecule is CC1(C)C(=O)N(Cc2ccccc2B(O)O)S1(=O)=O. The summed E-state index contributed by atoms with van der Waals surface area (Å²) in [6.07, 6.45) is 0. The molecule has 102 valence electrons. The van der Waals surface area contributed by atoms with Crippen LogP contribution in [0, 0.1) is 0 Å². The Bertz CT molecular complexity index is 626. The molecule has 0 atom stereocenters. The fourth-order valence-corrected chi connectivity index (χ4v) is 3.50. The van der Waals surface area contributed by atoms with Crippen molar-refractivity contribution in [3.05, 3.63) is 29.8 Å². The summed E-state index contributed by atoms with van der Waals surface area (Å²) >= 11 is 0. The Labute approximate surface area is 111 Å². The number of hydrogen-bond donors (Lipinski definition) is 2. The third kappa shape index (κ3) is 1.96. The maximum Gasteiger partial charge on any atom is 0.488 e. The van der Waals surface area contributed by atoms with Crippen molar-refractivity contribution >= 4 is 28.5 Å². The van der Waals surface area contributed by atoms with Gasteiger partial charge in [0.1, 0.15) is 0 Å². The van der Waals surface area contributed by atoms with Crippen molar-refractivity contribution in [2.45, 2.75) is 25.1 Å². The highest BCUT2D eigenvalue weighted by atomic mass is 32.2. The summed E-state index contributed by atoms with van der Waals surface area (Å²) < 4.78 is 23.2. The van der Waals surface area contributed by atoms with Crippen LogP contribution in [0.15, 0.2) is 24.3 Å². The van der Waals surface area contributed by atoms with Crippen molar-refractivity contribution in [3.63, 3.8) is 0 Å². The molecule has 1 saturated heterocycles. The molecule has 6 nitrogen and oxygen atoms in total. The molecule has 2 N–H and O–H groups in total. The molecule has 1 amide bonds. The molecule has 2 rings (SSSR count). The average Bonchev–Trinajstić information content (AvgIpc) is 2.35. The van der Waals surface area contributed by atoms with Crippen LogP contribution >= 0.6 is 0 Å². The molecule has 0 radical (unpaired) electrons. The number of rotatable bonds is 3. The molecule has 0 saturated carbocycles. The Morgan fingerprint density at radius 3 is 2.37 bits per heavy atom. The van der Waals surface area contributed by atoms with Gasteiger partial charge < -0.3 is 10.0 Å². The van der Waals surface area contributed by atoms with Gasteiger partial charge in [-0.25, -0.2) is 12.7 Å². The molecule has 0 bridgehead atoms.